The zero-order valence-corrected chi connectivity index (χ0v) is 16.3. The van der Waals surface area contributed by atoms with Crippen LogP contribution in [0.3, 0.4) is 0 Å². The molecule has 4 rings (SSSR count). The number of piperidine rings is 1. The van der Waals surface area contributed by atoms with Gasteiger partial charge >= 0.3 is 0 Å². The smallest absolute Gasteiger partial charge is 0.251 e. The lowest BCUT2D eigenvalue weighted by Crippen LogP contribution is -2.28. The van der Waals surface area contributed by atoms with Gasteiger partial charge in [-0.15, -0.1) is 0 Å². The number of benzene rings is 2. The Morgan fingerprint density at radius 1 is 1.22 bits per heavy atom. The highest BCUT2D eigenvalue weighted by Crippen LogP contribution is 2.36. The SMILES string of the molecule is CCSN1CCC(c2[nH]nc3c(C(N)=O)cc(-c4ccccc4)cc23)CC1. The molecule has 1 fully saturated rings. The first-order valence-electron chi connectivity index (χ1n) is 9.42. The summed E-state index contributed by atoms with van der Waals surface area (Å²) in [6, 6.07) is 14.1. The number of rotatable bonds is 5. The molecule has 0 spiro atoms. The maximum atomic E-state index is 12.1. The van der Waals surface area contributed by atoms with Crippen molar-refractivity contribution in [1.82, 2.24) is 14.5 Å². The first kappa shape index (κ1) is 18.1. The lowest BCUT2D eigenvalue weighted by atomic mass is 9.90. The highest BCUT2D eigenvalue weighted by atomic mass is 32.2. The molecule has 1 aromatic heterocycles. The predicted molar refractivity (Wildman–Crippen MR) is 112 cm³/mol. The molecule has 0 atom stereocenters. The van der Waals surface area contributed by atoms with Crippen molar-refractivity contribution in [2.45, 2.75) is 25.7 Å². The van der Waals surface area contributed by atoms with Gasteiger partial charge in [0.05, 0.1) is 5.56 Å². The van der Waals surface area contributed by atoms with Gasteiger partial charge < -0.3 is 5.73 Å². The molecule has 1 aliphatic rings. The van der Waals surface area contributed by atoms with Crippen LogP contribution in [-0.2, 0) is 0 Å². The van der Waals surface area contributed by atoms with Crippen LogP contribution in [0.15, 0.2) is 42.5 Å². The molecule has 2 heterocycles. The molecule has 1 saturated heterocycles. The van der Waals surface area contributed by atoms with Crippen molar-refractivity contribution in [3.8, 4) is 11.1 Å². The largest absolute Gasteiger partial charge is 0.366 e. The van der Waals surface area contributed by atoms with Gasteiger partial charge in [-0.05, 0) is 36.1 Å². The number of nitrogens with zero attached hydrogens (tertiary/aromatic N) is 2. The molecule has 140 valence electrons. The molecule has 3 N–H and O–H groups in total. The van der Waals surface area contributed by atoms with Gasteiger partial charge in [-0.1, -0.05) is 49.2 Å². The number of nitrogens with one attached hydrogen (secondary N) is 1. The number of aromatic nitrogens is 2. The Morgan fingerprint density at radius 3 is 2.63 bits per heavy atom. The van der Waals surface area contributed by atoms with E-state index in [1.807, 2.05) is 48.3 Å². The average Bonchev–Trinajstić information content (AvgIpc) is 3.12. The molecule has 2 aromatic carbocycles. The van der Waals surface area contributed by atoms with E-state index in [0.717, 1.165) is 53.9 Å². The first-order chi connectivity index (χ1) is 13.2. The highest BCUT2D eigenvalue weighted by Gasteiger charge is 2.25. The monoisotopic (exact) mass is 380 g/mol. The van der Waals surface area contributed by atoms with Crippen LogP contribution in [0.4, 0.5) is 0 Å². The predicted octanol–water partition coefficient (Wildman–Crippen LogP) is 4.18. The van der Waals surface area contributed by atoms with E-state index in [0.29, 0.717) is 17.0 Å². The summed E-state index contributed by atoms with van der Waals surface area (Å²) >= 11 is 1.91. The summed E-state index contributed by atoms with van der Waals surface area (Å²) in [6.07, 6.45) is 2.18. The fourth-order valence-corrected chi connectivity index (χ4v) is 4.72. The van der Waals surface area contributed by atoms with Crippen LogP contribution in [-0.4, -0.2) is 39.3 Å². The number of primary amides is 1. The molecule has 0 radical (unpaired) electrons. The van der Waals surface area contributed by atoms with Crippen molar-refractivity contribution < 1.29 is 4.79 Å². The van der Waals surface area contributed by atoms with E-state index in [2.05, 4.69) is 27.5 Å². The van der Waals surface area contributed by atoms with E-state index in [1.54, 1.807) is 0 Å². The fourth-order valence-electron chi connectivity index (χ4n) is 3.89. The molecule has 1 aliphatic heterocycles. The number of nitrogens with two attached hydrogens (primary N) is 1. The van der Waals surface area contributed by atoms with Gasteiger partial charge in [0.1, 0.15) is 5.52 Å². The second-order valence-electron chi connectivity index (χ2n) is 6.91. The third kappa shape index (κ3) is 3.59. The zero-order chi connectivity index (χ0) is 18.8. The topological polar surface area (TPSA) is 75.0 Å². The van der Waals surface area contributed by atoms with E-state index < -0.39 is 5.91 Å². The maximum absolute atomic E-state index is 12.1. The van der Waals surface area contributed by atoms with Gasteiger partial charge in [0.25, 0.3) is 5.91 Å². The van der Waals surface area contributed by atoms with Gasteiger partial charge in [-0.3, -0.25) is 14.2 Å². The summed E-state index contributed by atoms with van der Waals surface area (Å²) < 4.78 is 2.44. The molecule has 0 aliphatic carbocycles. The Morgan fingerprint density at radius 2 is 1.96 bits per heavy atom. The number of aromatic amines is 1. The summed E-state index contributed by atoms with van der Waals surface area (Å²) in [7, 11) is 0. The van der Waals surface area contributed by atoms with Crippen LogP contribution >= 0.6 is 11.9 Å². The minimum atomic E-state index is -0.440. The minimum absolute atomic E-state index is 0.426. The average molecular weight is 381 g/mol. The number of H-pyrrole nitrogens is 1. The van der Waals surface area contributed by atoms with Crippen molar-refractivity contribution in [3.63, 3.8) is 0 Å². The first-order valence-corrected chi connectivity index (χ1v) is 10.4. The molecule has 5 nitrogen and oxygen atoms in total. The lowest BCUT2D eigenvalue weighted by molar-refractivity contribution is 0.100. The Hall–Kier alpha value is -2.31. The Balaban J connectivity index is 1.75. The van der Waals surface area contributed by atoms with Gasteiger partial charge in [0, 0.05) is 35.8 Å². The molecule has 6 heteroatoms. The molecular formula is C21H24N4OS. The third-order valence-corrected chi connectivity index (χ3v) is 6.22. The Bertz CT molecular complexity index is 945. The Kier molecular flexibility index (Phi) is 5.18. The summed E-state index contributed by atoms with van der Waals surface area (Å²) in [5, 5.41) is 8.70. The third-order valence-electron chi connectivity index (χ3n) is 5.23. The van der Waals surface area contributed by atoms with Crippen LogP contribution in [0.5, 0.6) is 0 Å². The van der Waals surface area contributed by atoms with Crippen LogP contribution < -0.4 is 5.73 Å². The highest BCUT2D eigenvalue weighted by molar-refractivity contribution is 7.96. The van der Waals surface area contributed by atoms with Crippen LogP contribution in [0.1, 0.15) is 41.7 Å². The second kappa shape index (κ2) is 7.74. The van der Waals surface area contributed by atoms with Gasteiger partial charge in [-0.25, -0.2) is 0 Å². The molecular weight excluding hydrogens is 356 g/mol. The normalized spacial score (nSPS) is 16.0. The Labute approximate surface area is 163 Å². The van der Waals surface area contributed by atoms with Gasteiger partial charge in [-0.2, -0.15) is 5.10 Å². The van der Waals surface area contributed by atoms with Crippen molar-refractivity contribution in [2.75, 3.05) is 18.8 Å². The molecule has 1 amide bonds. The van der Waals surface area contributed by atoms with Crippen molar-refractivity contribution in [3.05, 3.63) is 53.7 Å². The number of hydrogen-bond acceptors (Lipinski definition) is 4. The maximum Gasteiger partial charge on any atom is 0.251 e. The van der Waals surface area contributed by atoms with Gasteiger partial charge in [0.15, 0.2) is 0 Å². The molecule has 27 heavy (non-hydrogen) atoms. The number of fused-ring (bicyclic) bond motifs is 1. The standard InChI is InChI=1S/C21H24N4OS/c1-2-27-25-10-8-15(9-11-25)19-17-12-16(14-6-4-3-5-7-14)13-18(21(22)26)20(17)24-23-19/h3-7,12-13,15H,2,8-11H2,1H3,(H2,22,26)(H,23,24). The summed E-state index contributed by atoms with van der Waals surface area (Å²) in [5.74, 6) is 1.10. The molecule has 0 saturated carbocycles. The summed E-state index contributed by atoms with van der Waals surface area (Å²) in [6.45, 7) is 4.34. The summed E-state index contributed by atoms with van der Waals surface area (Å²) in [5.41, 5.74) is 10.0. The zero-order valence-electron chi connectivity index (χ0n) is 15.4. The van der Waals surface area contributed by atoms with Crippen LogP contribution in [0.25, 0.3) is 22.0 Å². The van der Waals surface area contributed by atoms with E-state index in [9.17, 15) is 4.79 Å². The number of carbonyl (C=O) groups excluding carboxylic acids is 1. The number of hydrogen-bond donors (Lipinski definition) is 2. The van der Waals surface area contributed by atoms with E-state index >= 15 is 0 Å². The van der Waals surface area contributed by atoms with Crippen LogP contribution in [0.2, 0.25) is 0 Å². The number of amides is 1. The molecule has 3 aromatic rings. The summed E-state index contributed by atoms with van der Waals surface area (Å²) in [4.78, 5) is 12.1. The van der Waals surface area contributed by atoms with E-state index in [-0.39, 0.29) is 0 Å². The molecule has 0 bridgehead atoms. The minimum Gasteiger partial charge on any atom is -0.366 e. The molecule has 0 unspecified atom stereocenters. The van der Waals surface area contributed by atoms with E-state index in [4.69, 9.17) is 5.73 Å². The second-order valence-corrected chi connectivity index (χ2v) is 8.26. The van der Waals surface area contributed by atoms with Crippen molar-refractivity contribution in [2.24, 2.45) is 5.73 Å². The van der Waals surface area contributed by atoms with Crippen molar-refractivity contribution in [1.29, 1.82) is 0 Å². The van der Waals surface area contributed by atoms with Gasteiger partial charge in [0.2, 0.25) is 0 Å². The van der Waals surface area contributed by atoms with E-state index in [1.165, 1.54) is 0 Å². The van der Waals surface area contributed by atoms with Crippen molar-refractivity contribution >= 4 is 28.8 Å². The quantitative estimate of drug-likeness (QED) is 0.651. The fraction of sp³-hybridized carbons (Fsp3) is 0.333. The lowest BCUT2D eigenvalue weighted by Gasteiger charge is -2.30. The van der Waals surface area contributed by atoms with Crippen LogP contribution in [0, 0.1) is 0 Å². The number of carbonyl (C=O) groups is 1.